The van der Waals surface area contributed by atoms with Crippen molar-refractivity contribution in [3.05, 3.63) is 29.3 Å². The Morgan fingerprint density at radius 1 is 1.27 bits per heavy atom. The Balaban J connectivity index is 2.01. The Hall–Kier alpha value is -0.730. The van der Waals surface area contributed by atoms with E-state index in [0.717, 1.165) is 30.0 Å². The predicted molar refractivity (Wildman–Crippen MR) is 63.3 cm³/mol. The smallest absolute Gasteiger partial charge is 0.0741 e. The quantitative estimate of drug-likeness (QED) is 0.811. The van der Waals surface area contributed by atoms with Crippen LogP contribution in [0, 0.1) is 0 Å². The molecule has 0 amide bonds. The van der Waals surface area contributed by atoms with Crippen LogP contribution in [0.15, 0.2) is 24.3 Å². The fraction of sp³-hybridized carbons (Fsp3) is 0.500. The standard InChI is InChI=1S/C12H16ClNO/c13-9-4-3-5-10(8-9)14-11-6-1-2-7-12(11)15/h3-5,8,11-12,14-15H,1-2,6-7H2. The molecule has 2 rings (SSSR count). The van der Waals surface area contributed by atoms with Crippen LogP contribution in [0.5, 0.6) is 0 Å². The van der Waals surface area contributed by atoms with E-state index in [4.69, 9.17) is 11.6 Å². The molecule has 2 unspecified atom stereocenters. The van der Waals surface area contributed by atoms with Gasteiger partial charge < -0.3 is 10.4 Å². The first-order valence-electron chi connectivity index (χ1n) is 5.46. The summed E-state index contributed by atoms with van der Waals surface area (Å²) in [7, 11) is 0. The molecule has 1 aliphatic rings. The zero-order valence-electron chi connectivity index (χ0n) is 8.62. The van der Waals surface area contributed by atoms with Crippen LogP contribution in [0.1, 0.15) is 25.7 Å². The first-order chi connectivity index (χ1) is 7.25. The molecule has 0 spiro atoms. The molecule has 1 aromatic rings. The Morgan fingerprint density at radius 3 is 2.80 bits per heavy atom. The van der Waals surface area contributed by atoms with Crippen LogP contribution in [0.2, 0.25) is 5.02 Å². The molecule has 0 radical (unpaired) electrons. The highest BCUT2D eigenvalue weighted by Gasteiger charge is 2.22. The molecule has 2 atom stereocenters. The van der Waals surface area contributed by atoms with Crippen LogP contribution >= 0.6 is 11.6 Å². The summed E-state index contributed by atoms with van der Waals surface area (Å²) in [6.07, 6.45) is 4.04. The van der Waals surface area contributed by atoms with Crippen molar-refractivity contribution in [1.29, 1.82) is 0 Å². The maximum absolute atomic E-state index is 9.80. The van der Waals surface area contributed by atoms with Gasteiger partial charge in [-0.2, -0.15) is 0 Å². The van der Waals surface area contributed by atoms with Gasteiger partial charge in [0.1, 0.15) is 0 Å². The lowest BCUT2D eigenvalue weighted by Gasteiger charge is -2.29. The Kier molecular flexibility index (Phi) is 3.49. The van der Waals surface area contributed by atoms with Crippen molar-refractivity contribution >= 4 is 17.3 Å². The fourth-order valence-electron chi connectivity index (χ4n) is 2.07. The summed E-state index contributed by atoms with van der Waals surface area (Å²) in [5.74, 6) is 0. The maximum atomic E-state index is 9.80. The average molecular weight is 226 g/mol. The number of hydrogen-bond acceptors (Lipinski definition) is 2. The first-order valence-corrected chi connectivity index (χ1v) is 5.84. The molecule has 2 N–H and O–H groups in total. The van der Waals surface area contributed by atoms with Crippen molar-refractivity contribution in [1.82, 2.24) is 0 Å². The van der Waals surface area contributed by atoms with Gasteiger partial charge >= 0.3 is 0 Å². The fourth-order valence-corrected chi connectivity index (χ4v) is 2.26. The van der Waals surface area contributed by atoms with Gasteiger partial charge in [0.05, 0.1) is 12.1 Å². The molecule has 0 heterocycles. The molecule has 15 heavy (non-hydrogen) atoms. The number of benzene rings is 1. The van der Waals surface area contributed by atoms with Crippen LogP contribution in [0.25, 0.3) is 0 Å². The summed E-state index contributed by atoms with van der Waals surface area (Å²) >= 11 is 5.90. The molecule has 0 saturated heterocycles. The van der Waals surface area contributed by atoms with Crippen molar-refractivity contribution in [3.8, 4) is 0 Å². The molecular formula is C12H16ClNO. The summed E-state index contributed by atoms with van der Waals surface area (Å²) in [5, 5.41) is 13.9. The highest BCUT2D eigenvalue weighted by molar-refractivity contribution is 6.30. The number of nitrogens with one attached hydrogen (secondary N) is 1. The van der Waals surface area contributed by atoms with Gasteiger partial charge in [-0.25, -0.2) is 0 Å². The molecule has 0 aliphatic heterocycles. The summed E-state index contributed by atoms with van der Waals surface area (Å²) in [5.41, 5.74) is 0.994. The van der Waals surface area contributed by atoms with Crippen molar-refractivity contribution in [2.24, 2.45) is 0 Å². The van der Waals surface area contributed by atoms with E-state index >= 15 is 0 Å². The molecule has 0 bridgehead atoms. The molecule has 0 aromatic heterocycles. The Bertz CT molecular complexity index is 329. The van der Waals surface area contributed by atoms with Gasteiger partial charge in [-0.15, -0.1) is 0 Å². The van der Waals surface area contributed by atoms with Crippen LogP contribution < -0.4 is 5.32 Å². The molecule has 1 saturated carbocycles. The van der Waals surface area contributed by atoms with Gasteiger partial charge in [0.15, 0.2) is 0 Å². The summed E-state index contributed by atoms with van der Waals surface area (Å²) in [6.45, 7) is 0. The summed E-state index contributed by atoms with van der Waals surface area (Å²) in [6, 6.07) is 7.82. The third kappa shape index (κ3) is 2.86. The Morgan fingerprint density at radius 2 is 2.07 bits per heavy atom. The minimum atomic E-state index is -0.224. The minimum absolute atomic E-state index is 0.178. The van der Waals surface area contributed by atoms with Crippen LogP contribution in [0.3, 0.4) is 0 Å². The van der Waals surface area contributed by atoms with Gasteiger partial charge in [-0.1, -0.05) is 30.5 Å². The van der Waals surface area contributed by atoms with Gasteiger partial charge in [0, 0.05) is 10.7 Å². The van der Waals surface area contributed by atoms with Gasteiger partial charge in [0.2, 0.25) is 0 Å². The maximum Gasteiger partial charge on any atom is 0.0741 e. The van der Waals surface area contributed by atoms with E-state index in [9.17, 15) is 5.11 Å². The normalized spacial score (nSPS) is 26.3. The molecule has 82 valence electrons. The van der Waals surface area contributed by atoms with Crippen molar-refractivity contribution in [3.63, 3.8) is 0 Å². The second-order valence-electron chi connectivity index (χ2n) is 4.11. The van der Waals surface area contributed by atoms with Crippen LogP contribution in [-0.4, -0.2) is 17.3 Å². The lowest BCUT2D eigenvalue weighted by molar-refractivity contribution is 0.116. The monoisotopic (exact) mass is 225 g/mol. The van der Waals surface area contributed by atoms with E-state index < -0.39 is 0 Å². The highest BCUT2D eigenvalue weighted by Crippen LogP contribution is 2.23. The SMILES string of the molecule is OC1CCCCC1Nc1cccc(Cl)c1. The van der Waals surface area contributed by atoms with Gasteiger partial charge in [0.25, 0.3) is 0 Å². The highest BCUT2D eigenvalue weighted by atomic mass is 35.5. The number of rotatable bonds is 2. The van der Waals surface area contributed by atoms with Crippen molar-refractivity contribution < 1.29 is 5.11 Å². The topological polar surface area (TPSA) is 32.3 Å². The summed E-state index contributed by atoms with van der Waals surface area (Å²) < 4.78 is 0. The van der Waals surface area contributed by atoms with E-state index in [1.165, 1.54) is 6.42 Å². The lowest BCUT2D eigenvalue weighted by Crippen LogP contribution is -2.36. The third-order valence-electron chi connectivity index (χ3n) is 2.91. The van der Waals surface area contributed by atoms with Gasteiger partial charge in [-0.3, -0.25) is 0 Å². The molecular weight excluding hydrogens is 210 g/mol. The predicted octanol–water partition coefficient (Wildman–Crippen LogP) is 3.06. The molecule has 1 aromatic carbocycles. The minimum Gasteiger partial charge on any atom is -0.391 e. The largest absolute Gasteiger partial charge is 0.391 e. The van der Waals surface area contributed by atoms with E-state index in [-0.39, 0.29) is 12.1 Å². The number of halogens is 1. The molecule has 3 heteroatoms. The Labute approximate surface area is 95.3 Å². The molecule has 1 aliphatic carbocycles. The van der Waals surface area contributed by atoms with E-state index in [0.29, 0.717) is 0 Å². The van der Waals surface area contributed by atoms with Crippen LogP contribution in [-0.2, 0) is 0 Å². The number of anilines is 1. The van der Waals surface area contributed by atoms with Crippen LogP contribution in [0.4, 0.5) is 5.69 Å². The number of hydrogen-bond donors (Lipinski definition) is 2. The van der Waals surface area contributed by atoms with E-state index in [1.54, 1.807) is 0 Å². The van der Waals surface area contributed by atoms with E-state index in [1.807, 2.05) is 24.3 Å². The number of aliphatic hydroxyl groups excluding tert-OH is 1. The first kappa shape index (κ1) is 10.8. The second-order valence-corrected chi connectivity index (χ2v) is 4.55. The number of aliphatic hydroxyl groups is 1. The second kappa shape index (κ2) is 4.86. The average Bonchev–Trinajstić information content (AvgIpc) is 2.22. The van der Waals surface area contributed by atoms with E-state index in [2.05, 4.69) is 5.32 Å². The lowest BCUT2D eigenvalue weighted by atomic mass is 9.92. The summed E-state index contributed by atoms with van der Waals surface area (Å²) in [4.78, 5) is 0. The molecule has 2 nitrogen and oxygen atoms in total. The van der Waals surface area contributed by atoms with Gasteiger partial charge in [-0.05, 0) is 31.0 Å². The third-order valence-corrected chi connectivity index (χ3v) is 3.14. The van der Waals surface area contributed by atoms with Crippen molar-refractivity contribution in [2.75, 3.05) is 5.32 Å². The zero-order valence-corrected chi connectivity index (χ0v) is 9.37. The molecule has 1 fully saturated rings. The zero-order chi connectivity index (χ0) is 10.7. The van der Waals surface area contributed by atoms with Crippen molar-refractivity contribution in [2.45, 2.75) is 37.8 Å².